The van der Waals surface area contributed by atoms with Crippen molar-refractivity contribution < 1.29 is 14.5 Å². The van der Waals surface area contributed by atoms with E-state index in [0.717, 1.165) is 0 Å². The van der Waals surface area contributed by atoms with Crippen molar-refractivity contribution in [1.82, 2.24) is 4.98 Å². The zero-order chi connectivity index (χ0) is 12.7. The smallest absolute Gasteiger partial charge is 0.363 e. The Morgan fingerprint density at radius 3 is 2.88 bits per heavy atom. The summed E-state index contributed by atoms with van der Waals surface area (Å²) in [7, 11) is 0. The molecule has 1 aromatic rings. The minimum absolute atomic E-state index is 0.171. The SMILES string of the molecule is CCOC(=O)CC=Cc1ccc([N+](=O)[O-])nc1. The lowest BCUT2D eigenvalue weighted by Crippen LogP contribution is -2.01. The molecule has 17 heavy (non-hydrogen) atoms. The first kappa shape index (κ1) is 12.8. The van der Waals surface area contributed by atoms with Gasteiger partial charge in [-0.05, 0) is 22.9 Å². The molecule has 1 heterocycles. The Bertz CT molecular complexity index is 426. The number of pyridine rings is 1. The Balaban J connectivity index is 2.54. The van der Waals surface area contributed by atoms with Crippen molar-refractivity contribution in [2.45, 2.75) is 13.3 Å². The lowest BCUT2D eigenvalue weighted by atomic mass is 10.2. The number of carbonyl (C=O) groups is 1. The van der Waals surface area contributed by atoms with Crippen LogP contribution < -0.4 is 0 Å². The molecule has 0 atom stereocenters. The summed E-state index contributed by atoms with van der Waals surface area (Å²) in [5, 5.41) is 10.4. The first-order valence-electron chi connectivity index (χ1n) is 5.06. The van der Waals surface area contributed by atoms with E-state index < -0.39 is 4.92 Å². The zero-order valence-electron chi connectivity index (χ0n) is 9.33. The van der Waals surface area contributed by atoms with Crippen molar-refractivity contribution in [2.24, 2.45) is 0 Å². The van der Waals surface area contributed by atoms with Crippen molar-refractivity contribution in [2.75, 3.05) is 6.61 Å². The van der Waals surface area contributed by atoms with Gasteiger partial charge in [-0.3, -0.25) is 4.79 Å². The van der Waals surface area contributed by atoms with E-state index in [1.165, 1.54) is 12.3 Å². The first-order chi connectivity index (χ1) is 8.13. The minimum Gasteiger partial charge on any atom is -0.466 e. The third-order valence-electron chi connectivity index (χ3n) is 1.86. The van der Waals surface area contributed by atoms with E-state index in [2.05, 4.69) is 4.98 Å². The van der Waals surface area contributed by atoms with Crippen molar-refractivity contribution in [3.8, 4) is 0 Å². The van der Waals surface area contributed by atoms with E-state index in [9.17, 15) is 14.9 Å². The number of nitro groups is 1. The molecule has 0 radical (unpaired) electrons. The Labute approximate surface area is 98.1 Å². The summed E-state index contributed by atoms with van der Waals surface area (Å²) in [6.07, 6.45) is 4.83. The zero-order valence-corrected chi connectivity index (χ0v) is 9.33. The number of hydrogen-bond acceptors (Lipinski definition) is 5. The molecule has 0 aliphatic carbocycles. The van der Waals surface area contributed by atoms with Gasteiger partial charge in [-0.2, -0.15) is 0 Å². The lowest BCUT2D eigenvalue weighted by molar-refractivity contribution is -0.389. The van der Waals surface area contributed by atoms with Gasteiger partial charge in [0.15, 0.2) is 0 Å². The molecular weight excluding hydrogens is 224 g/mol. The van der Waals surface area contributed by atoms with E-state index in [4.69, 9.17) is 4.74 Å². The van der Waals surface area contributed by atoms with Crippen LogP contribution in [0.1, 0.15) is 18.9 Å². The lowest BCUT2D eigenvalue weighted by Gasteiger charge is -1.96. The molecule has 0 aliphatic heterocycles. The Morgan fingerprint density at radius 2 is 2.35 bits per heavy atom. The van der Waals surface area contributed by atoms with Crippen molar-refractivity contribution in [3.05, 3.63) is 40.1 Å². The largest absolute Gasteiger partial charge is 0.466 e. The number of carbonyl (C=O) groups excluding carboxylic acids is 1. The number of rotatable bonds is 5. The van der Waals surface area contributed by atoms with Gasteiger partial charge in [0, 0.05) is 11.6 Å². The van der Waals surface area contributed by atoms with Crippen molar-refractivity contribution in [1.29, 1.82) is 0 Å². The van der Waals surface area contributed by atoms with Gasteiger partial charge < -0.3 is 14.9 Å². The van der Waals surface area contributed by atoms with Crippen LogP contribution in [0.2, 0.25) is 0 Å². The predicted molar refractivity (Wildman–Crippen MR) is 61.2 cm³/mol. The molecule has 0 bridgehead atoms. The molecular formula is C11H12N2O4. The average molecular weight is 236 g/mol. The van der Waals surface area contributed by atoms with Gasteiger partial charge in [0.25, 0.3) is 0 Å². The standard InChI is InChI=1S/C11H12N2O4/c1-2-17-11(14)5-3-4-9-6-7-10(12-8-9)13(15)16/h3-4,6-8H,2,5H2,1H3. The van der Waals surface area contributed by atoms with Crippen LogP contribution in [0.5, 0.6) is 0 Å². The molecule has 90 valence electrons. The normalized spacial score (nSPS) is 10.4. The molecule has 0 fully saturated rings. The molecule has 0 aliphatic rings. The fourth-order valence-electron chi connectivity index (χ4n) is 1.12. The highest BCUT2D eigenvalue weighted by molar-refractivity contribution is 5.72. The molecule has 1 rings (SSSR count). The third-order valence-corrected chi connectivity index (χ3v) is 1.86. The minimum atomic E-state index is -0.563. The number of ether oxygens (including phenoxy) is 1. The summed E-state index contributed by atoms with van der Waals surface area (Å²) in [5.41, 5.74) is 0.694. The monoisotopic (exact) mass is 236 g/mol. The molecule has 0 saturated carbocycles. The predicted octanol–water partition coefficient (Wildman–Crippen LogP) is 1.96. The maximum atomic E-state index is 11.0. The van der Waals surface area contributed by atoms with Crippen LogP contribution in [0.25, 0.3) is 6.08 Å². The molecule has 0 aromatic carbocycles. The molecule has 0 unspecified atom stereocenters. The summed E-state index contributed by atoms with van der Waals surface area (Å²) in [6, 6.07) is 2.87. The van der Waals surface area contributed by atoms with Crippen LogP contribution >= 0.6 is 0 Å². The highest BCUT2D eigenvalue weighted by Crippen LogP contribution is 2.08. The second kappa shape index (κ2) is 6.37. The first-order valence-corrected chi connectivity index (χ1v) is 5.06. The molecule has 0 N–H and O–H groups in total. The quantitative estimate of drug-likeness (QED) is 0.443. The van der Waals surface area contributed by atoms with Gasteiger partial charge in [-0.25, -0.2) is 0 Å². The van der Waals surface area contributed by atoms with Crippen LogP contribution in [0.3, 0.4) is 0 Å². The van der Waals surface area contributed by atoms with Crippen molar-refractivity contribution >= 4 is 17.9 Å². The van der Waals surface area contributed by atoms with E-state index in [1.807, 2.05) is 0 Å². The summed E-state index contributed by atoms with van der Waals surface area (Å²) in [6.45, 7) is 2.09. The highest BCUT2D eigenvalue weighted by atomic mass is 16.6. The fraction of sp³-hybridized carbons (Fsp3) is 0.273. The van der Waals surface area contributed by atoms with Crippen molar-refractivity contribution in [3.63, 3.8) is 0 Å². The van der Waals surface area contributed by atoms with Crippen LogP contribution in [0.15, 0.2) is 24.4 Å². The van der Waals surface area contributed by atoms with E-state index in [-0.39, 0.29) is 18.2 Å². The topological polar surface area (TPSA) is 82.3 Å². The second-order valence-electron chi connectivity index (χ2n) is 3.12. The Kier molecular flexibility index (Phi) is 4.80. The molecule has 6 heteroatoms. The molecule has 0 spiro atoms. The van der Waals surface area contributed by atoms with Crippen LogP contribution in [-0.2, 0) is 9.53 Å². The molecule has 0 amide bonds. The summed E-state index contributed by atoms with van der Waals surface area (Å²) in [5.74, 6) is -0.508. The van der Waals surface area contributed by atoms with Gasteiger partial charge >= 0.3 is 11.8 Å². The summed E-state index contributed by atoms with van der Waals surface area (Å²) >= 11 is 0. The molecule has 6 nitrogen and oxygen atoms in total. The van der Waals surface area contributed by atoms with Gasteiger partial charge in [-0.1, -0.05) is 12.2 Å². The maximum absolute atomic E-state index is 11.0. The van der Waals surface area contributed by atoms with Crippen LogP contribution in [0, 0.1) is 10.1 Å². The number of hydrogen-bond donors (Lipinski definition) is 0. The number of aromatic nitrogens is 1. The van der Waals surface area contributed by atoms with E-state index in [0.29, 0.717) is 12.2 Å². The van der Waals surface area contributed by atoms with E-state index in [1.54, 1.807) is 25.1 Å². The summed E-state index contributed by atoms with van der Waals surface area (Å²) in [4.78, 5) is 24.4. The van der Waals surface area contributed by atoms with Gasteiger partial charge in [0.05, 0.1) is 13.0 Å². The average Bonchev–Trinajstić information content (AvgIpc) is 2.30. The Morgan fingerprint density at radius 1 is 1.59 bits per heavy atom. The van der Waals surface area contributed by atoms with Gasteiger partial charge in [0.1, 0.15) is 6.20 Å². The molecule has 1 aromatic heterocycles. The van der Waals surface area contributed by atoms with Crippen LogP contribution in [0.4, 0.5) is 5.82 Å². The van der Waals surface area contributed by atoms with Gasteiger partial charge in [0.2, 0.25) is 0 Å². The van der Waals surface area contributed by atoms with E-state index >= 15 is 0 Å². The Hall–Kier alpha value is -2.24. The fourth-order valence-corrected chi connectivity index (χ4v) is 1.12. The van der Waals surface area contributed by atoms with Gasteiger partial charge in [-0.15, -0.1) is 0 Å². The maximum Gasteiger partial charge on any atom is 0.363 e. The summed E-state index contributed by atoms with van der Waals surface area (Å²) < 4.78 is 4.74. The number of nitrogens with zero attached hydrogens (tertiary/aromatic N) is 2. The van der Waals surface area contributed by atoms with Crippen LogP contribution in [-0.4, -0.2) is 22.5 Å². The number of esters is 1. The highest BCUT2D eigenvalue weighted by Gasteiger charge is 2.04. The third kappa shape index (κ3) is 4.42. The molecule has 0 saturated heterocycles. The second-order valence-corrected chi connectivity index (χ2v) is 3.12.